The molecule has 0 aliphatic heterocycles. The summed E-state index contributed by atoms with van der Waals surface area (Å²) in [6.07, 6.45) is 6.59. The number of carboxylic acid groups (broad SMARTS) is 1. The van der Waals surface area contributed by atoms with Gasteiger partial charge in [0.15, 0.2) is 5.76 Å². The fourth-order valence-corrected chi connectivity index (χ4v) is 1.98. The molecular weight excluding hydrogens is 220 g/mol. The lowest BCUT2D eigenvalue weighted by Crippen LogP contribution is -2.26. The zero-order valence-electron chi connectivity index (χ0n) is 10.6. The molecule has 0 saturated heterocycles. The first-order chi connectivity index (χ1) is 7.97. The number of carboxylic acids is 1. The molecule has 0 radical (unpaired) electrons. The van der Waals surface area contributed by atoms with Gasteiger partial charge in [0.05, 0.1) is 19.6 Å². The van der Waals surface area contributed by atoms with Gasteiger partial charge in [-0.3, -0.25) is 0 Å². The third kappa shape index (κ3) is 2.35. The molecule has 0 heterocycles. The highest BCUT2D eigenvalue weighted by Crippen LogP contribution is 2.42. The van der Waals surface area contributed by atoms with Crippen molar-refractivity contribution in [3.63, 3.8) is 0 Å². The van der Waals surface area contributed by atoms with Gasteiger partial charge < -0.3 is 14.6 Å². The Balaban J connectivity index is 3.31. The van der Waals surface area contributed by atoms with Gasteiger partial charge in [-0.2, -0.15) is 0 Å². The summed E-state index contributed by atoms with van der Waals surface area (Å²) in [4.78, 5) is 11.1. The molecule has 1 aliphatic rings. The van der Waals surface area contributed by atoms with E-state index in [4.69, 9.17) is 14.6 Å². The second-order valence-corrected chi connectivity index (χ2v) is 4.19. The maximum absolute atomic E-state index is 11.1. The second kappa shape index (κ2) is 5.08. The van der Waals surface area contributed by atoms with Crippen LogP contribution in [0.3, 0.4) is 0 Å². The minimum atomic E-state index is -1.12. The van der Waals surface area contributed by atoms with E-state index >= 15 is 0 Å². The molecule has 0 amide bonds. The van der Waals surface area contributed by atoms with Gasteiger partial charge in [0, 0.05) is 0 Å². The zero-order valence-corrected chi connectivity index (χ0v) is 10.6. The number of ether oxygens (including phenoxy) is 2. The van der Waals surface area contributed by atoms with Crippen molar-refractivity contribution in [1.29, 1.82) is 0 Å². The summed E-state index contributed by atoms with van der Waals surface area (Å²) in [6, 6.07) is 0. The van der Waals surface area contributed by atoms with E-state index in [1.165, 1.54) is 14.2 Å². The first kappa shape index (κ1) is 13.4. The third-order valence-electron chi connectivity index (χ3n) is 3.19. The maximum Gasteiger partial charge on any atom is 0.374 e. The van der Waals surface area contributed by atoms with Crippen molar-refractivity contribution in [3.05, 3.63) is 35.3 Å². The number of rotatable bonds is 4. The van der Waals surface area contributed by atoms with Gasteiger partial charge >= 0.3 is 5.97 Å². The number of allylic oxidation sites excluding steroid dienone is 4. The second-order valence-electron chi connectivity index (χ2n) is 4.19. The van der Waals surface area contributed by atoms with E-state index in [-0.39, 0.29) is 5.76 Å². The molecule has 0 aromatic heterocycles. The third-order valence-corrected chi connectivity index (χ3v) is 3.19. The molecule has 0 fully saturated rings. The number of aliphatic carboxylic acids is 1. The van der Waals surface area contributed by atoms with Crippen LogP contribution < -0.4 is 0 Å². The smallest absolute Gasteiger partial charge is 0.374 e. The quantitative estimate of drug-likeness (QED) is 0.604. The Bertz CT molecular complexity index is 404. The Hall–Kier alpha value is -1.71. The van der Waals surface area contributed by atoms with Crippen LogP contribution in [-0.4, -0.2) is 25.3 Å². The highest BCUT2D eigenvalue weighted by molar-refractivity contribution is 5.85. The van der Waals surface area contributed by atoms with Crippen molar-refractivity contribution < 1.29 is 19.4 Å². The molecule has 1 rings (SSSR count). The molecule has 0 saturated carbocycles. The first-order valence-electron chi connectivity index (χ1n) is 5.37. The Kier molecular flexibility index (Phi) is 3.99. The number of hydrogen-bond acceptors (Lipinski definition) is 3. The lowest BCUT2D eigenvalue weighted by molar-refractivity contribution is -0.136. The van der Waals surface area contributed by atoms with Crippen LogP contribution >= 0.6 is 0 Å². The van der Waals surface area contributed by atoms with E-state index in [9.17, 15) is 4.79 Å². The summed E-state index contributed by atoms with van der Waals surface area (Å²) in [6.45, 7) is 3.90. The van der Waals surface area contributed by atoms with Crippen LogP contribution in [0.25, 0.3) is 0 Å². The molecule has 4 heteroatoms. The van der Waals surface area contributed by atoms with Gasteiger partial charge in [-0.15, -0.1) is 0 Å². The van der Waals surface area contributed by atoms with Crippen molar-refractivity contribution in [2.45, 2.75) is 20.3 Å². The lowest BCUT2D eigenvalue weighted by atomic mass is 9.75. The monoisotopic (exact) mass is 238 g/mol. The summed E-state index contributed by atoms with van der Waals surface area (Å²) in [5.41, 5.74) is 0.584. The molecule has 0 aromatic rings. The predicted molar refractivity (Wildman–Crippen MR) is 64.3 cm³/mol. The van der Waals surface area contributed by atoms with E-state index in [0.717, 1.165) is 5.57 Å². The minimum Gasteiger partial charge on any atom is -0.496 e. The Labute approximate surface area is 101 Å². The normalized spacial score (nSPS) is 24.8. The summed E-state index contributed by atoms with van der Waals surface area (Å²) >= 11 is 0. The number of hydrogen-bond donors (Lipinski definition) is 1. The van der Waals surface area contributed by atoms with Gasteiger partial charge in [-0.25, -0.2) is 4.79 Å². The Morgan fingerprint density at radius 3 is 2.47 bits per heavy atom. The van der Waals surface area contributed by atoms with Crippen LogP contribution in [0.2, 0.25) is 0 Å². The number of methoxy groups -OCH3 is 2. The minimum absolute atomic E-state index is 0.141. The molecule has 0 bridgehead atoms. The molecule has 1 atom stereocenters. The van der Waals surface area contributed by atoms with Crippen LogP contribution in [0.5, 0.6) is 0 Å². The average Bonchev–Trinajstić information content (AvgIpc) is 2.29. The summed E-state index contributed by atoms with van der Waals surface area (Å²) < 4.78 is 10.2. The zero-order chi connectivity index (χ0) is 13.1. The standard InChI is InChI=1S/C13H18O4/c1-9-7-5-6-8-13(9,2)11(17-4)10(16-3)12(14)15/h5-7H,8H2,1-4H3,(H,14,15). The predicted octanol–water partition coefficient (Wildman–Crippen LogP) is 2.49. The van der Waals surface area contributed by atoms with E-state index in [1.54, 1.807) is 0 Å². The van der Waals surface area contributed by atoms with Crippen LogP contribution in [0.4, 0.5) is 0 Å². The maximum atomic E-state index is 11.1. The summed E-state index contributed by atoms with van der Waals surface area (Å²) in [5.74, 6) is -0.906. The van der Waals surface area contributed by atoms with Gasteiger partial charge in [-0.1, -0.05) is 23.8 Å². The van der Waals surface area contributed by atoms with Crippen LogP contribution in [0.1, 0.15) is 20.3 Å². The fraction of sp³-hybridized carbons (Fsp3) is 0.462. The van der Waals surface area contributed by atoms with Gasteiger partial charge in [0.1, 0.15) is 0 Å². The molecule has 0 spiro atoms. The van der Waals surface area contributed by atoms with Crippen molar-refractivity contribution in [3.8, 4) is 0 Å². The van der Waals surface area contributed by atoms with Gasteiger partial charge in [0.25, 0.3) is 0 Å². The summed E-state index contributed by atoms with van der Waals surface area (Å²) in [5, 5.41) is 9.11. The molecule has 17 heavy (non-hydrogen) atoms. The van der Waals surface area contributed by atoms with Crippen molar-refractivity contribution in [1.82, 2.24) is 0 Å². The van der Waals surface area contributed by atoms with E-state index in [1.807, 2.05) is 32.1 Å². The Morgan fingerprint density at radius 2 is 2.06 bits per heavy atom. The number of carbonyl (C=O) groups is 1. The molecule has 1 N–H and O–H groups in total. The fourth-order valence-electron chi connectivity index (χ4n) is 1.98. The SMILES string of the molecule is COC(C(=O)O)=C(OC)C1(C)CC=CC=C1C. The molecule has 4 nitrogen and oxygen atoms in total. The van der Waals surface area contributed by atoms with Crippen molar-refractivity contribution in [2.75, 3.05) is 14.2 Å². The van der Waals surface area contributed by atoms with Gasteiger partial charge in [-0.05, 0) is 20.3 Å². The molecule has 1 unspecified atom stereocenters. The highest BCUT2D eigenvalue weighted by atomic mass is 16.5. The molecular formula is C13H18O4. The molecule has 0 aromatic carbocycles. The first-order valence-corrected chi connectivity index (χ1v) is 5.37. The van der Waals surface area contributed by atoms with Crippen molar-refractivity contribution >= 4 is 5.97 Å². The van der Waals surface area contributed by atoms with E-state index in [0.29, 0.717) is 12.2 Å². The van der Waals surface area contributed by atoms with Gasteiger partial charge in [0.2, 0.25) is 5.76 Å². The largest absolute Gasteiger partial charge is 0.496 e. The highest BCUT2D eigenvalue weighted by Gasteiger charge is 2.37. The summed E-state index contributed by atoms with van der Waals surface area (Å²) in [7, 11) is 2.80. The topological polar surface area (TPSA) is 55.8 Å². The van der Waals surface area contributed by atoms with E-state index in [2.05, 4.69) is 0 Å². The Morgan fingerprint density at radius 1 is 1.41 bits per heavy atom. The molecule has 1 aliphatic carbocycles. The van der Waals surface area contributed by atoms with Crippen LogP contribution in [0, 0.1) is 5.41 Å². The lowest BCUT2D eigenvalue weighted by Gasteiger charge is -2.33. The van der Waals surface area contributed by atoms with Crippen LogP contribution in [-0.2, 0) is 14.3 Å². The molecule has 94 valence electrons. The van der Waals surface area contributed by atoms with Crippen molar-refractivity contribution in [2.24, 2.45) is 5.41 Å². The average molecular weight is 238 g/mol. The van der Waals surface area contributed by atoms with E-state index < -0.39 is 11.4 Å². The van der Waals surface area contributed by atoms with Crippen LogP contribution in [0.15, 0.2) is 35.3 Å².